The van der Waals surface area contributed by atoms with Gasteiger partial charge >= 0.3 is 6.03 Å². The minimum atomic E-state index is -0.919. The lowest BCUT2D eigenvalue weighted by molar-refractivity contribution is -0.137. The lowest BCUT2D eigenvalue weighted by Gasteiger charge is -2.43. The number of hydrogen-bond acceptors (Lipinski definition) is 5. The van der Waals surface area contributed by atoms with Crippen LogP contribution >= 0.6 is 11.3 Å². The van der Waals surface area contributed by atoms with Gasteiger partial charge in [-0.1, -0.05) is 50.3 Å². The van der Waals surface area contributed by atoms with E-state index in [4.69, 9.17) is 0 Å². The highest BCUT2D eigenvalue weighted by molar-refractivity contribution is 7.22. The number of fused-ring (bicyclic) bond motifs is 1. The number of nitrogens with one attached hydrogen (secondary N) is 1. The third-order valence-corrected chi connectivity index (χ3v) is 7.10. The quantitative estimate of drug-likeness (QED) is 0.564. The van der Waals surface area contributed by atoms with Gasteiger partial charge in [0.25, 0.3) is 5.91 Å². The standard InChI is InChI=1S/C23H28N4O3S/c1-5-10-26(21-24-16-8-6-7-9-17(16)31-21)18(28)13-27-19(29)23(25-20(27)30)12-15(2)11-22(3,4)14-23/h5-9,15H,1,10-14H2,2-4H3,(H,25,30)/t15-,23-/m1/s1. The summed E-state index contributed by atoms with van der Waals surface area (Å²) in [5.41, 5.74) is -0.175. The summed E-state index contributed by atoms with van der Waals surface area (Å²) in [6.07, 6.45) is 3.79. The van der Waals surface area contributed by atoms with E-state index < -0.39 is 11.6 Å². The molecule has 4 rings (SSSR count). The van der Waals surface area contributed by atoms with Crippen molar-refractivity contribution in [2.75, 3.05) is 18.0 Å². The monoisotopic (exact) mass is 440 g/mol. The molecule has 2 atom stereocenters. The number of benzene rings is 1. The highest BCUT2D eigenvalue weighted by Gasteiger charge is 2.56. The first-order valence-electron chi connectivity index (χ1n) is 10.6. The minimum absolute atomic E-state index is 0.0590. The summed E-state index contributed by atoms with van der Waals surface area (Å²) < 4.78 is 0.965. The molecule has 4 amide bonds. The summed E-state index contributed by atoms with van der Waals surface area (Å²) in [6.45, 7) is 10.0. The SMILES string of the molecule is C=CCN(C(=O)CN1C(=O)N[C@@]2(C[C@H](C)CC(C)(C)C2)C1=O)c1nc2ccccc2s1. The van der Waals surface area contributed by atoms with Crippen molar-refractivity contribution in [2.24, 2.45) is 11.3 Å². The number of amides is 4. The molecular weight excluding hydrogens is 412 g/mol. The van der Waals surface area contributed by atoms with Crippen molar-refractivity contribution >= 4 is 44.5 Å². The van der Waals surface area contributed by atoms with Crippen molar-refractivity contribution in [3.05, 3.63) is 36.9 Å². The summed E-state index contributed by atoms with van der Waals surface area (Å²) in [7, 11) is 0. The van der Waals surface area contributed by atoms with Crippen LogP contribution < -0.4 is 10.2 Å². The van der Waals surface area contributed by atoms with Crippen LogP contribution in [0.1, 0.15) is 40.0 Å². The Morgan fingerprint density at radius 3 is 2.77 bits per heavy atom. The average molecular weight is 441 g/mol. The number of carbonyl (C=O) groups excluding carboxylic acids is 3. The van der Waals surface area contributed by atoms with Crippen molar-refractivity contribution in [1.82, 2.24) is 15.2 Å². The Morgan fingerprint density at radius 2 is 2.10 bits per heavy atom. The van der Waals surface area contributed by atoms with E-state index in [2.05, 4.69) is 37.7 Å². The fourth-order valence-electron chi connectivity index (χ4n) is 5.26. The number of para-hydroxylation sites is 1. The largest absolute Gasteiger partial charge is 0.325 e. The van der Waals surface area contributed by atoms with Crippen LogP contribution in [0, 0.1) is 11.3 Å². The molecule has 2 aromatic rings. The summed E-state index contributed by atoms with van der Waals surface area (Å²) in [5.74, 6) is -0.348. The number of thiazole rings is 1. The molecule has 8 heteroatoms. The van der Waals surface area contributed by atoms with E-state index in [-0.39, 0.29) is 30.3 Å². The second kappa shape index (κ2) is 7.75. The topological polar surface area (TPSA) is 82.6 Å². The molecule has 1 N–H and O–H groups in total. The van der Waals surface area contributed by atoms with E-state index in [0.717, 1.165) is 21.5 Å². The van der Waals surface area contributed by atoms with Gasteiger partial charge in [-0.05, 0) is 42.7 Å². The lowest BCUT2D eigenvalue weighted by Crippen LogP contribution is -2.54. The van der Waals surface area contributed by atoms with Crippen molar-refractivity contribution in [2.45, 2.75) is 45.6 Å². The second-order valence-corrected chi connectivity index (χ2v) is 10.5. The van der Waals surface area contributed by atoms with Gasteiger partial charge in [-0.25, -0.2) is 9.78 Å². The van der Waals surface area contributed by atoms with Gasteiger partial charge in [0.15, 0.2) is 5.13 Å². The van der Waals surface area contributed by atoms with Gasteiger partial charge in [0.1, 0.15) is 12.1 Å². The van der Waals surface area contributed by atoms with Gasteiger partial charge in [0.2, 0.25) is 5.91 Å². The van der Waals surface area contributed by atoms with E-state index in [1.54, 1.807) is 6.08 Å². The Hall–Kier alpha value is -2.74. The molecule has 1 saturated heterocycles. The molecule has 2 aliphatic rings. The van der Waals surface area contributed by atoms with Gasteiger partial charge in [-0.3, -0.25) is 19.4 Å². The molecule has 1 spiro atoms. The van der Waals surface area contributed by atoms with Crippen molar-refractivity contribution < 1.29 is 14.4 Å². The number of carbonyl (C=O) groups is 3. The third kappa shape index (κ3) is 3.96. The molecule has 164 valence electrons. The predicted octanol–water partition coefficient (Wildman–Crippen LogP) is 3.95. The average Bonchev–Trinajstić information content (AvgIpc) is 3.19. The molecule has 7 nitrogen and oxygen atoms in total. The molecule has 1 aliphatic heterocycles. The normalized spacial score (nSPS) is 25.1. The van der Waals surface area contributed by atoms with Crippen LogP contribution in [-0.2, 0) is 9.59 Å². The van der Waals surface area contributed by atoms with Crippen LogP contribution in [0.4, 0.5) is 9.93 Å². The number of imide groups is 1. The molecule has 2 heterocycles. The van der Waals surface area contributed by atoms with Crippen LogP contribution in [0.25, 0.3) is 10.2 Å². The van der Waals surface area contributed by atoms with Gasteiger partial charge in [0.05, 0.1) is 10.2 Å². The number of urea groups is 1. The molecule has 31 heavy (non-hydrogen) atoms. The second-order valence-electron chi connectivity index (χ2n) is 9.52. The molecule has 2 fully saturated rings. The molecule has 1 aromatic heterocycles. The van der Waals surface area contributed by atoms with Gasteiger partial charge in [0, 0.05) is 6.54 Å². The van der Waals surface area contributed by atoms with E-state index >= 15 is 0 Å². The Morgan fingerprint density at radius 1 is 1.35 bits per heavy atom. The summed E-state index contributed by atoms with van der Waals surface area (Å²) in [6, 6.07) is 7.15. The molecule has 1 saturated carbocycles. The molecule has 0 unspecified atom stereocenters. The molecule has 0 bridgehead atoms. The number of nitrogens with zero attached hydrogens (tertiary/aromatic N) is 3. The summed E-state index contributed by atoms with van der Waals surface area (Å²) in [4.78, 5) is 46.4. The fourth-order valence-corrected chi connectivity index (χ4v) is 6.25. The zero-order valence-electron chi connectivity index (χ0n) is 18.2. The fraction of sp³-hybridized carbons (Fsp3) is 0.478. The number of anilines is 1. The lowest BCUT2D eigenvalue weighted by atomic mass is 9.64. The van der Waals surface area contributed by atoms with Crippen LogP contribution in [0.5, 0.6) is 0 Å². The third-order valence-electron chi connectivity index (χ3n) is 6.04. The maximum Gasteiger partial charge on any atom is 0.325 e. The maximum atomic E-state index is 13.4. The van der Waals surface area contributed by atoms with Gasteiger partial charge < -0.3 is 5.32 Å². The van der Waals surface area contributed by atoms with Crippen LogP contribution in [-0.4, -0.2) is 46.4 Å². The molecule has 1 aliphatic carbocycles. The van der Waals surface area contributed by atoms with Crippen molar-refractivity contribution in [1.29, 1.82) is 0 Å². The Bertz CT molecular complexity index is 1030. The first-order valence-corrected chi connectivity index (χ1v) is 11.4. The number of hydrogen-bond donors (Lipinski definition) is 1. The Labute approximate surface area is 186 Å². The van der Waals surface area contributed by atoms with E-state index in [1.165, 1.54) is 16.2 Å². The Balaban J connectivity index is 1.57. The van der Waals surface area contributed by atoms with Crippen LogP contribution in [0.3, 0.4) is 0 Å². The summed E-state index contributed by atoms with van der Waals surface area (Å²) in [5, 5.41) is 3.45. The number of rotatable bonds is 5. The maximum absolute atomic E-state index is 13.4. The molecule has 0 radical (unpaired) electrons. The Kier molecular flexibility index (Phi) is 5.37. The highest BCUT2D eigenvalue weighted by Crippen LogP contribution is 2.46. The smallest absolute Gasteiger partial charge is 0.323 e. The summed E-state index contributed by atoms with van der Waals surface area (Å²) >= 11 is 1.40. The predicted molar refractivity (Wildman–Crippen MR) is 122 cm³/mol. The minimum Gasteiger partial charge on any atom is -0.323 e. The van der Waals surface area contributed by atoms with Crippen molar-refractivity contribution in [3.63, 3.8) is 0 Å². The van der Waals surface area contributed by atoms with Gasteiger partial charge in [-0.15, -0.1) is 6.58 Å². The molecule has 1 aromatic carbocycles. The van der Waals surface area contributed by atoms with Crippen molar-refractivity contribution in [3.8, 4) is 0 Å². The van der Waals surface area contributed by atoms with E-state index in [1.807, 2.05) is 24.3 Å². The van der Waals surface area contributed by atoms with Gasteiger partial charge in [-0.2, -0.15) is 0 Å². The van der Waals surface area contributed by atoms with Crippen LogP contribution in [0.15, 0.2) is 36.9 Å². The zero-order chi connectivity index (χ0) is 22.4. The highest BCUT2D eigenvalue weighted by atomic mass is 32.1. The first kappa shape index (κ1) is 21.5. The molecular formula is C23H28N4O3S. The number of aromatic nitrogens is 1. The van der Waals surface area contributed by atoms with Crippen LogP contribution in [0.2, 0.25) is 0 Å². The first-order chi connectivity index (χ1) is 14.6. The zero-order valence-corrected chi connectivity index (χ0v) is 19.0. The van der Waals surface area contributed by atoms with E-state index in [9.17, 15) is 14.4 Å². The van der Waals surface area contributed by atoms with E-state index in [0.29, 0.717) is 23.9 Å².